The van der Waals surface area contributed by atoms with Crippen molar-refractivity contribution in [2.75, 3.05) is 31.1 Å². The van der Waals surface area contributed by atoms with Crippen molar-refractivity contribution in [3.05, 3.63) is 64.2 Å². The van der Waals surface area contributed by atoms with E-state index in [2.05, 4.69) is 42.2 Å². The summed E-state index contributed by atoms with van der Waals surface area (Å²) in [5, 5.41) is 0. The predicted molar refractivity (Wildman–Crippen MR) is 128 cm³/mol. The summed E-state index contributed by atoms with van der Waals surface area (Å²) in [6, 6.07) is 12.8. The number of hydrogen-bond acceptors (Lipinski definition) is 3. The lowest BCUT2D eigenvalue weighted by Crippen LogP contribution is -2.35. The number of anilines is 1. The summed E-state index contributed by atoms with van der Waals surface area (Å²) in [5.41, 5.74) is 7.04. The minimum Gasteiger partial charge on any atom is -0.312 e. The number of Topliss-reactive ketones (excluding diaryl/α,β-unsaturated/α-hetero) is 1. The van der Waals surface area contributed by atoms with Crippen molar-refractivity contribution in [2.24, 2.45) is 5.92 Å². The van der Waals surface area contributed by atoms with Gasteiger partial charge in [-0.2, -0.15) is 0 Å². The molecule has 1 saturated heterocycles. The molecule has 0 N–H and O–H groups in total. The highest BCUT2D eigenvalue weighted by Crippen LogP contribution is 2.38. The molecule has 0 saturated carbocycles. The normalized spacial score (nSPS) is 18.8. The van der Waals surface area contributed by atoms with Crippen LogP contribution in [0.5, 0.6) is 0 Å². The first-order valence-electron chi connectivity index (χ1n) is 12.3. The second-order valence-corrected chi connectivity index (χ2v) is 9.89. The maximum absolute atomic E-state index is 13.0. The van der Waals surface area contributed by atoms with Crippen LogP contribution in [0.15, 0.2) is 36.4 Å². The lowest BCUT2D eigenvalue weighted by atomic mass is 9.89. The van der Waals surface area contributed by atoms with E-state index in [-0.39, 0.29) is 11.7 Å². The zero-order valence-corrected chi connectivity index (χ0v) is 19.2. The largest absolute Gasteiger partial charge is 0.312 e. The molecule has 0 bridgehead atoms. The van der Waals surface area contributed by atoms with E-state index < -0.39 is 0 Å². The summed E-state index contributed by atoms with van der Waals surface area (Å²) in [6.07, 6.45) is 7.57. The molecule has 2 aromatic rings. The van der Waals surface area contributed by atoms with Gasteiger partial charge in [-0.1, -0.05) is 24.3 Å². The van der Waals surface area contributed by atoms with E-state index in [0.717, 1.165) is 68.7 Å². The Hall–Kier alpha value is -2.46. The van der Waals surface area contributed by atoms with Crippen LogP contribution in [0, 0.1) is 12.8 Å². The SMILES string of the molecule is Cc1ccccc1CCN1CCC(CCC(=O)c2cc3c4c(c2)CC(=O)N4CCC3)CC1. The molecule has 0 aromatic heterocycles. The van der Waals surface area contributed by atoms with Crippen LogP contribution < -0.4 is 4.90 Å². The van der Waals surface area contributed by atoms with Gasteiger partial charge in [0.2, 0.25) is 5.91 Å². The number of piperidine rings is 1. The predicted octanol–water partition coefficient (Wildman–Crippen LogP) is 4.75. The number of ketones is 1. The first kappa shape index (κ1) is 21.4. The Morgan fingerprint density at radius 2 is 1.84 bits per heavy atom. The van der Waals surface area contributed by atoms with E-state index in [0.29, 0.717) is 18.8 Å². The Kier molecular flexibility index (Phi) is 6.14. The molecule has 4 heteroatoms. The van der Waals surface area contributed by atoms with Crippen LogP contribution in [0.25, 0.3) is 0 Å². The van der Waals surface area contributed by atoms with Crippen molar-refractivity contribution in [1.82, 2.24) is 4.90 Å². The molecule has 4 nitrogen and oxygen atoms in total. The average Bonchev–Trinajstić information content (AvgIpc) is 3.14. The van der Waals surface area contributed by atoms with E-state index in [4.69, 9.17) is 0 Å². The topological polar surface area (TPSA) is 40.6 Å². The van der Waals surface area contributed by atoms with Gasteiger partial charge in [-0.15, -0.1) is 0 Å². The zero-order chi connectivity index (χ0) is 22.1. The fraction of sp³-hybridized carbons (Fsp3) is 0.500. The van der Waals surface area contributed by atoms with Gasteiger partial charge in [-0.05, 0) is 98.8 Å². The number of carbonyl (C=O) groups excluding carboxylic acids is 2. The van der Waals surface area contributed by atoms with Crippen LogP contribution in [-0.4, -0.2) is 42.8 Å². The molecular formula is C28H34N2O2. The lowest BCUT2D eigenvalue weighted by molar-refractivity contribution is -0.117. The second-order valence-electron chi connectivity index (χ2n) is 9.89. The molecule has 3 heterocycles. The molecule has 0 spiro atoms. The molecule has 0 atom stereocenters. The Morgan fingerprint density at radius 1 is 1.06 bits per heavy atom. The van der Waals surface area contributed by atoms with Gasteiger partial charge in [0, 0.05) is 25.1 Å². The summed E-state index contributed by atoms with van der Waals surface area (Å²) in [4.78, 5) is 29.8. The zero-order valence-electron chi connectivity index (χ0n) is 19.2. The van der Waals surface area contributed by atoms with Gasteiger partial charge in [0.25, 0.3) is 0 Å². The van der Waals surface area contributed by atoms with Crippen LogP contribution in [0.2, 0.25) is 0 Å². The number of amides is 1. The smallest absolute Gasteiger partial charge is 0.231 e. The Morgan fingerprint density at radius 3 is 2.66 bits per heavy atom. The van der Waals surface area contributed by atoms with Crippen molar-refractivity contribution in [2.45, 2.75) is 58.3 Å². The number of rotatable bonds is 7. The summed E-state index contributed by atoms with van der Waals surface area (Å²) < 4.78 is 0. The highest BCUT2D eigenvalue weighted by molar-refractivity contribution is 6.05. The van der Waals surface area contributed by atoms with Crippen molar-refractivity contribution < 1.29 is 9.59 Å². The Balaban J connectivity index is 1.11. The third kappa shape index (κ3) is 4.38. The van der Waals surface area contributed by atoms with E-state index in [1.165, 1.54) is 29.5 Å². The minimum atomic E-state index is 0.194. The number of benzene rings is 2. The van der Waals surface area contributed by atoms with Crippen LogP contribution in [0.1, 0.15) is 64.7 Å². The third-order valence-corrected chi connectivity index (χ3v) is 7.78. The number of hydrogen-bond donors (Lipinski definition) is 0. The quantitative estimate of drug-likeness (QED) is 0.596. The molecular weight excluding hydrogens is 396 g/mol. The number of carbonyl (C=O) groups is 2. The molecule has 168 valence electrons. The van der Waals surface area contributed by atoms with Crippen LogP contribution in [-0.2, 0) is 24.1 Å². The van der Waals surface area contributed by atoms with Gasteiger partial charge in [0.1, 0.15) is 0 Å². The molecule has 0 aliphatic carbocycles. The van der Waals surface area contributed by atoms with Gasteiger partial charge in [0.05, 0.1) is 12.1 Å². The summed E-state index contributed by atoms with van der Waals surface area (Å²) in [5.74, 6) is 1.10. The highest BCUT2D eigenvalue weighted by atomic mass is 16.2. The molecule has 0 unspecified atom stereocenters. The summed E-state index contributed by atoms with van der Waals surface area (Å²) >= 11 is 0. The van der Waals surface area contributed by atoms with E-state index in [1.807, 2.05) is 11.0 Å². The maximum Gasteiger partial charge on any atom is 0.231 e. The molecule has 3 aliphatic heterocycles. The number of aryl methyl sites for hydroxylation is 2. The standard InChI is InChI=1S/C28H34N2O2/c1-20-5-2-3-6-22(20)12-16-29-14-10-21(11-15-29)8-9-26(31)24-17-23-7-4-13-30-27(32)19-25(18-24)28(23)30/h2-3,5-6,17-18,21H,4,7-16,19H2,1H3. The summed E-state index contributed by atoms with van der Waals surface area (Å²) in [7, 11) is 0. The van der Waals surface area contributed by atoms with E-state index >= 15 is 0 Å². The molecule has 32 heavy (non-hydrogen) atoms. The first-order valence-corrected chi connectivity index (χ1v) is 12.3. The molecule has 2 aromatic carbocycles. The van der Waals surface area contributed by atoms with Gasteiger partial charge in [-0.25, -0.2) is 0 Å². The lowest BCUT2D eigenvalue weighted by Gasteiger charge is -2.32. The van der Waals surface area contributed by atoms with Gasteiger partial charge < -0.3 is 9.80 Å². The van der Waals surface area contributed by atoms with Crippen LogP contribution >= 0.6 is 0 Å². The first-order chi connectivity index (χ1) is 15.6. The fourth-order valence-corrected chi connectivity index (χ4v) is 5.79. The Labute approximate surface area is 191 Å². The maximum atomic E-state index is 13.0. The molecule has 1 fully saturated rings. The van der Waals surface area contributed by atoms with Gasteiger partial charge >= 0.3 is 0 Å². The molecule has 1 amide bonds. The van der Waals surface area contributed by atoms with Crippen molar-refractivity contribution >= 4 is 17.4 Å². The fourth-order valence-electron chi connectivity index (χ4n) is 5.79. The van der Waals surface area contributed by atoms with E-state index in [1.54, 1.807) is 0 Å². The van der Waals surface area contributed by atoms with Crippen molar-refractivity contribution in [3.8, 4) is 0 Å². The number of nitrogens with zero attached hydrogens (tertiary/aromatic N) is 2. The van der Waals surface area contributed by atoms with Gasteiger partial charge in [0.15, 0.2) is 5.78 Å². The number of likely N-dealkylation sites (tertiary alicyclic amines) is 1. The second kappa shape index (κ2) is 9.19. The average molecular weight is 431 g/mol. The van der Waals surface area contributed by atoms with Crippen molar-refractivity contribution in [3.63, 3.8) is 0 Å². The monoisotopic (exact) mass is 430 g/mol. The minimum absolute atomic E-state index is 0.194. The molecule has 3 aliphatic rings. The van der Waals surface area contributed by atoms with Crippen molar-refractivity contribution in [1.29, 1.82) is 0 Å². The molecule has 0 radical (unpaired) electrons. The highest BCUT2D eigenvalue weighted by Gasteiger charge is 2.33. The van der Waals surface area contributed by atoms with Crippen LogP contribution in [0.3, 0.4) is 0 Å². The Bertz CT molecular complexity index is 1020. The third-order valence-electron chi connectivity index (χ3n) is 7.78. The molecule has 5 rings (SSSR count). The van der Waals surface area contributed by atoms with Gasteiger partial charge in [-0.3, -0.25) is 9.59 Å². The summed E-state index contributed by atoms with van der Waals surface area (Å²) in [6.45, 7) is 6.44. The van der Waals surface area contributed by atoms with Crippen LogP contribution in [0.4, 0.5) is 5.69 Å². The van der Waals surface area contributed by atoms with E-state index in [9.17, 15) is 9.59 Å².